The molecule has 0 atom stereocenters. The van der Waals surface area contributed by atoms with Gasteiger partial charge >= 0.3 is 6.18 Å². The number of fused-ring (bicyclic) bond motifs is 1. The Hall–Kier alpha value is -4.87. The number of ketones is 1. The average Bonchev–Trinajstić information content (AvgIpc) is 3.31. The van der Waals surface area contributed by atoms with Crippen LogP contribution < -0.4 is 0 Å². The average molecular weight is 595 g/mol. The molecule has 0 N–H and O–H groups in total. The van der Waals surface area contributed by atoms with E-state index in [4.69, 9.17) is 0 Å². The van der Waals surface area contributed by atoms with Gasteiger partial charge in [-0.05, 0) is 53.8 Å². The van der Waals surface area contributed by atoms with Gasteiger partial charge in [0.25, 0.3) is 11.6 Å². The van der Waals surface area contributed by atoms with Crippen LogP contribution in [0, 0.1) is 21.3 Å². The van der Waals surface area contributed by atoms with Gasteiger partial charge in [-0.3, -0.25) is 19.7 Å². The number of nitro groups is 1. The highest BCUT2D eigenvalue weighted by atomic mass is 19.4. The van der Waals surface area contributed by atoms with Crippen LogP contribution in [0.1, 0.15) is 57.8 Å². The van der Waals surface area contributed by atoms with Crippen LogP contribution in [0.5, 0.6) is 0 Å². The maximum atomic E-state index is 13.3. The van der Waals surface area contributed by atoms with E-state index in [1.165, 1.54) is 65.2 Å². The number of hydrogen-bond donors (Lipinski definition) is 0. The third-order valence-electron chi connectivity index (χ3n) is 7.36. The molecule has 0 saturated carbocycles. The van der Waals surface area contributed by atoms with Crippen LogP contribution in [0.3, 0.4) is 0 Å². The van der Waals surface area contributed by atoms with Gasteiger partial charge in [-0.1, -0.05) is 38.1 Å². The van der Waals surface area contributed by atoms with Crippen molar-refractivity contribution in [3.05, 3.63) is 111 Å². The van der Waals surface area contributed by atoms with Crippen molar-refractivity contribution in [3.8, 4) is 16.9 Å². The first-order chi connectivity index (χ1) is 20.1. The van der Waals surface area contributed by atoms with E-state index in [9.17, 15) is 37.3 Å². The van der Waals surface area contributed by atoms with Crippen molar-refractivity contribution >= 4 is 17.4 Å². The molecule has 4 aromatic rings. The van der Waals surface area contributed by atoms with Gasteiger partial charge in [0.1, 0.15) is 17.2 Å². The van der Waals surface area contributed by atoms with Crippen LogP contribution in [0.2, 0.25) is 0 Å². The summed E-state index contributed by atoms with van der Waals surface area (Å²) in [5.41, 5.74) is -0.145. The molecule has 0 bridgehead atoms. The summed E-state index contributed by atoms with van der Waals surface area (Å²) in [6, 6.07) is 13.7. The van der Waals surface area contributed by atoms with Crippen molar-refractivity contribution in [2.45, 2.75) is 39.4 Å². The van der Waals surface area contributed by atoms with E-state index in [0.717, 1.165) is 18.2 Å². The molecule has 1 aromatic heterocycles. The molecule has 12 heteroatoms. The number of halogens is 4. The van der Waals surface area contributed by atoms with Gasteiger partial charge in [-0.15, -0.1) is 0 Å². The van der Waals surface area contributed by atoms with Crippen LogP contribution in [0.4, 0.5) is 23.2 Å². The van der Waals surface area contributed by atoms with Crippen molar-refractivity contribution in [3.63, 3.8) is 0 Å². The highest BCUT2D eigenvalue weighted by Gasteiger charge is 2.38. The second-order valence-corrected chi connectivity index (χ2v) is 11.3. The van der Waals surface area contributed by atoms with Crippen molar-refractivity contribution in [1.82, 2.24) is 14.7 Å². The molecule has 1 amide bonds. The Balaban J connectivity index is 1.58. The highest BCUT2D eigenvalue weighted by Crippen LogP contribution is 2.41. The van der Waals surface area contributed by atoms with Crippen LogP contribution in [0.15, 0.2) is 66.7 Å². The van der Waals surface area contributed by atoms with Crippen molar-refractivity contribution in [2.75, 3.05) is 7.05 Å². The highest BCUT2D eigenvalue weighted by molar-refractivity contribution is 6.04. The Morgan fingerprint density at radius 3 is 2.30 bits per heavy atom. The molecule has 0 spiro atoms. The van der Waals surface area contributed by atoms with E-state index < -0.39 is 39.5 Å². The summed E-state index contributed by atoms with van der Waals surface area (Å²) in [5, 5.41) is 16.8. The predicted molar refractivity (Wildman–Crippen MR) is 149 cm³/mol. The molecule has 0 fully saturated rings. The Labute approximate surface area is 243 Å². The number of aromatic nitrogens is 2. The third-order valence-corrected chi connectivity index (χ3v) is 7.36. The standard InChI is InChI=1S/C31H26F4N4O4/c1-30(2)15-25-27(26(40)16-30)28(19-6-9-21(10-7-19)31(33,34)35)36-38(25)23-13-8-20(14-24(23)39(42)43)29(41)37(3)17-18-4-11-22(32)12-5-18/h4-14H,15-17H2,1-3H3. The van der Waals surface area contributed by atoms with Gasteiger partial charge in [0.05, 0.1) is 21.7 Å². The summed E-state index contributed by atoms with van der Waals surface area (Å²) in [6.07, 6.45) is -4.07. The fourth-order valence-electron chi connectivity index (χ4n) is 5.30. The summed E-state index contributed by atoms with van der Waals surface area (Å²) in [6.45, 7) is 3.88. The number of carbonyl (C=O) groups is 2. The number of Topliss-reactive ketones (excluding diaryl/α,β-unsaturated/α-hetero) is 1. The van der Waals surface area contributed by atoms with Gasteiger partial charge in [-0.25, -0.2) is 9.07 Å². The Morgan fingerprint density at radius 2 is 1.70 bits per heavy atom. The zero-order valence-corrected chi connectivity index (χ0v) is 23.4. The SMILES string of the molecule is CN(Cc1ccc(F)cc1)C(=O)c1ccc(-n2nc(-c3ccc(C(F)(F)F)cc3)c3c2CC(C)(C)CC3=O)c([N+](=O)[O-])c1. The minimum absolute atomic E-state index is 0.00245. The number of alkyl halides is 3. The van der Waals surface area contributed by atoms with E-state index in [1.807, 2.05) is 13.8 Å². The predicted octanol–water partition coefficient (Wildman–Crippen LogP) is 7.03. The first-order valence-electron chi connectivity index (χ1n) is 13.3. The fourth-order valence-corrected chi connectivity index (χ4v) is 5.30. The molecule has 5 rings (SSSR count). The second-order valence-electron chi connectivity index (χ2n) is 11.3. The fraction of sp³-hybridized carbons (Fsp3) is 0.258. The lowest BCUT2D eigenvalue weighted by molar-refractivity contribution is -0.384. The van der Waals surface area contributed by atoms with Crippen molar-refractivity contribution in [1.29, 1.82) is 0 Å². The summed E-state index contributed by atoms with van der Waals surface area (Å²) < 4.78 is 54.1. The number of nitro benzene ring substituents is 1. The molecule has 0 unspecified atom stereocenters. The molecule has 1 heterocycles. The molecule has 1 aliphatic rings. The topological polar surface area (TPSA) is 98.3 Å². The lowest BCUT2D eigenvalue weighted by atomic mass is 9.75. The van der Waals surface area contributed by atoms with Gasteiger partial charge < -0.3 is 4.90 Å². The number of rotatable bonds is 6. The van der Waals surface area contributed by atoms with E-state index in [-0.39, 0.29) is 46.8 Å². The zero-order valence-electron chi connectivity index (χ0n) is 23.4. The summed E-state index contributed by atoms with van der Waals surface area (Å²) in [5.74, 6) is -1.20. The molecule has 1 aliphatic carbocycles. The summed E-state index contributed by atoms with van der Waals surface area (Å²) >= 11 is 0. The monoisotopic (exact) mass is 594 g/mol. The van der Waals surface area contributed by atoms with Gasteiger partial charge in [0, 0.05) is 37.2 Å². The summed E-state index contributed by atoms with van der Waals surface area (Å²) in [4.78, 5) is 39.4. The molecular weight excluding hydrogens is 568 g/mol. The molecule has 0 saturated heterocycles. The smallest absolute Gasteiger partial charge is 0.337 e. The molecule has 43 heavy (non-hydrogen) atoms. The van der Waals surface area contributed by atoms with Crippen LogP contribution in [-0.2, 0) is 19.1 Å². The molecule has 0 radical (unpaired) electrons. The lowest BCUT2D eigenvalue weighted by Gasteiger charge is -2.29. The number of nitrogens with zero attached hydrogens (tertiary/aromatic N) is 4. The second kappa shape index (κ2) is 10.8. The van der Waals surface area contributed by atoms with Crippen molar-refractivity contribution < 1.29 is 32.1 Å². The Morgan fingerprint density at radius 1 is 1.05 bits per heavy atom. The quantitative estimate of drug-likeness (QED) is 0.136. The minimum Gasteiger partial charge on any atom is -0.337 e. The lowest BCUT2D eigenvalue weighted by Crippen LogP contribution is -2.28. The van der Waals surface area contributed by atoms with E-state index in [1.54, 1.807) is 0 Å². The largest absolute Gasteiger partial charge is 0.416 e. The van der Waals surface area contributed by atoms with Crippen LogP contribution >= 0.6 is 0 Å². The molecule has 222 valence electrons. The number of hydrogen-bond acceptors (Lipinski definition) is 5. The first-order valence-corrected chi connectivity index (χ1v) is 13.3. The molecule has 8 nitrogen and oxygen atoms in total. The number of amides is 1. The Bertz CT molecular complexity index is 1740. The molecular formula is C31H26F4N4O4. The maximum Gasteiger partial charge on any atom is 0.416 e. The molecule has 3 aromatic carbocycles. The van der Waals surface area contributed by atoms with Crippen LogP contribution in [-0.4, -0.2) is 38.3 Å². The zero-order chi connectivity index (χ0) is 31.3. The van der Waals surface area contributed by atoms with E-state index in [2.05, 4.69) is 5.10 Å². The number of benzene rings is 3. The Kier molecular flexibility index (Phi) is 7.41. The minimum atomic E-state index is -4.55. The van der Waals surface area contributed by atoms with Crippen LogP contribution in [0.25, 0.3) is 16.9 Å². The van der Waals surface area contributed by atoms with E-state index >= 15 is 0 Å². The van der Waals surface area contributed by atoms with Gasteiger partial charge in [0.2, 0.25) is 0 Å². The third kappa shape index (κ3) is 5.90. The van der Waals surface area contributed by atoms with Gasteiger partial charge in [-0.2, -0.15) is 18.3 Å². The first kappa shape index (κ1) is 29.6. The maximum absolute atomic E-state index is 13.3. The van der Waals surface area contributed by atoms with Crippen molar-refractivity contribution in [2.24, 2.45) is 5.41 Å². The number of carbonyl (C=O) groups excluding carboxylic acids is 2. The molecule has 0 aliphatic heterocycles. The summed E-state index contributed by atoms with van der Waals surface area (Å²) in [7, 11) is 1.51. The normalized spacial score (nSPS) is 14.3. The van der Waals surface area contributed by atoms with Gasteiger partial charge in [0.15, 0.2) is 5.78 Å². The van der Waals surface area contributed by atoms with E-state index in [0.29, 0.717) is 17.7 Å².